The number of carbonyl (C=O) groups is 2. The van der Waals surface area contributed by atoms with Gasteiger partial charge in [-0.1, -0.05) is 18.9 Å². The maximum absolute atomic E-state index is 14.3. The molecule has 1 unspecified atom stereocenters. The van der Waals surface area contributed by atoms with Crippen molar-refractivity contribution in [3.63, 3.8) is 0 Å². The lowest BCUT2D eigenvalue weighted by Crippen LogP contribution is -2.33. The first-order chi connectivity index (χ1) is 15.0. The molecule has 3 heterocycles. The second-order valence-corrected chi connectivity index (χ2v) is 8.50. The maximum Gasteiger partial charge on any atom is 0.227 e. The lowest BCUT2D eigenvalue weighted by atomic mass is 10.1. The van der Waals surface area contributed by atoms with Gasteiger partial charge in [-0.25, -0.2) is 9.37 Å². The van der Waals surface area contributed by atoms with E-state index >= 15 is 0 Å². The van der Waals surface area contributed by atoms with Crippen LogP contribution in [0.25, 0.3) is 0 Å². The van der Waals surface area contributed by atoms with Crippen LogP contribution in [0.15, 0.2) is 36.5 Å². The number of hydrogen-bond acceptors (Lipinski definition) is 4. The summed E-state index contributed by atoms with van der Waals surface area (Å²) < 4.78 is 14.3. The van der Waals surface area contributed by atoms with Gasteiger partial charge in [0.1, 0.15) is 11.6 Å². The Hall–Kier alpha value is -2.96. The molecule has 0 spiro atoms. The number of anilines is 2. The number of halogens is 1. The first kappa shape index (κ1) is 21.3. The number of nitrogens with one attached hydrogen (secondary N) is 1. The third-order valence-electron chi connectivity index (χ3n) is 6.10. The zero-order valence-corrected chi connectivity index (χ0v) is 17.9. The molecule has 164 valence electrons. The van der Waals surface area contributed by atoms with Crippen molar-refractivity contribution >= 4 is 23.3 Å². The minimum absolute atomic E-state index is 0.0918. The van der Waals surface area contributed by atoms with Crippen LogP contribution in [-0.4, -0.2) is 36.4 Å². The number of hydrogen-bond donors (Lipinski definition) is 1. The third-order valence-corrected chi connectivity index (χ3v) is 6.10. The molecule has 2 fully saturated rings. The Morgan fingerprint density at radius 1 is 1.16 bits per heavy atom. The molecule has 0 aliphatic carbocycles. The van der Waals surface area contributed by atoms with Crippen molar-refractivity contribution in [3.8, 4) is 0 Å². The van der Waals surface area contributed by atoms with Gasteiger partial charge in [-0.3, -0.25) is 9.59 Å². The second kappa shape index (κ2) is 9.45. The quantitative estimate of drug-likeness (QED) is 0.797. The molecule has 0 saturated carbocycles. The SMILES string of the molecule is Cc1ccc(N2CC(C(=O)NCc3ccnc(N4CCCCCC4)c3)CC2=O)c(F)c1. The molecule has 2 amide bonds. The van der Waals surface area contributed by atoms with Crippen LogP contribution in [-0.2, 0) is 16.1 Å². The molecular weight excluding hydrogens is 395 g/mol. The smallest absolute Gasteiger partial charge is 0.227 e. The van der Waals surface area contributed by atoms with E-state index < -0.39 is 11.7 Å². The van der Waals surface area contributed by atoms with Gasteiger partial charge in [0, 0.05) is 38.8 Å². The summed E-state index contributed by atoms with van der Waals surface area (Å²) in [6, 6.07) is 8.70. The summed E-state index contributed by atoms with van der Waals surface area (Å²) in [5.74, 6) is -0.384. The Kier molecular flexibility index (Phi) is 6.49. The van der Waals surface area contributed by atoms with Crippen molar-refractivity contribution in [2.75, 3.05) is 29.4 Å². The molecule has 6 nitrogen and oxygen atoms in total. The lowest BCUT2D eigenvalue weighted by molar-refractivity contribution is -0.126. The largest absolute Gasteiger partial charge is 0.357 e. The van der Waals surface area contributed by atoms with Crippen molar-refractivity contribution in [1.82, 2.24) is 10.3 Å². The maximum atomic E-state index is 14.3. The highest BCUT2D eigenvalue weighted by atomic mass is 19.1. The summed E-state index contributed by atoms with van der Waals surface area (Å²) in [7, 11) is 0. The molecule has 2 aliphatic heterocycles. The fourth-order valence-corrected chi connectivity index (χ4v) is 4.32. The standard InChI is InChI=1S/C24H29FN4O2/c1-17-6-7-21(20(25)12-17)29-16-19(14-23(29)30)24(31)27-15-18-8-9-26-22(13-18)28-10-4-2-3-5-11-28/h6-9,12-13,19H,2-5,10-11,14-16H2,1H3,(H,27,31). The van der Waals surface area contributed by atoms with Gasteiger partial charge in [0.15, 0.2) is 0 Å². The number of aryl methyl sites for hydroxylation is 1. The monoisotopic (exact) mass is 424 g/mol. The lowest BCUT2D eigenvalue weighted by Gasteiger charge is -2.22. The average molecular weight is 425 g/mol. The van der Waals surface area contributed by atoms with Crippen LogP contribution in [0.3, 0.4) is 0 Å². The van der Waals surface area contributed by atoms with Crippen LogP contribution in [0.5, 0.6) is 0 Å². The Balaban J connectivity index is 1.36. The normalized spacial score (nSPS) is 19.4. The third kappa shape index (κ3) is 5.03. The predicted octanol–water partition coefficient (Wildman–Crippen LogP) is 3.58. The summed E-state index contributed by atoms with van der Waals surface area (Å²) in [5, 5.41) is 2.94. The van der Waals surface area contributed by atoms with E-state index in [0.29, 0.717) is 6.54 Å². The van der Waals surface area contributed by atoms with Gasteiger partial charge < -0.3 is 15.1 Å². The van der Waals surface area contributed by atoms with Crippen LogP contribution in [0.1, 0.15) is 43.2 Å². The topological polar surface area (TPSA) is 65.5 Å². The highest BCUT2D eigenvalue weighted by Crippen LogP contribution is 2.28. The van der Waals surface area contributed by atoms with Crippen LogP contribution >= 0.6 is 0 Å². The number of nitrogens with zero attached hydrogens (tertiary/aromatic N) is 3. The molecule has 1 N–H and O–H groups in total. The van der Waals surface area contributed by atoms with Gasteiger partial charge in [0.2, 0.25) is 11.8 Å². The van der Waals surface area contributed by atoms with Gasteiger partial charge in [0.25, 0.3) is 0 Å². The molecule has 2 aliphatic rings. The summed E-state index contributed by atoms with van der Waals surface area (Å²) in [5.41, 5.74) is 2.01. The molecule has 4 rings (SSSR count). The fraction of sp³-hybridized carbons (Fsp3) is 0.458. The minimum atomic E-state index is -0.486. The van der Waals surface area contributed by atoms with Crippen LogP contribution in [0, 0.1) is 18.7 Å². The number of aromatic nitrogens is 1. The van der Waals surface area contributed by atoms with Gasteiger partial charge in [-0.05, 0) is 55.2 Å². The molecule has 31 heavy (non-hydrogen) atoms. The molecule has 0 bridgehead atoms. The van der Waals surface area contributed by atoms with Gasteiger partial charge in [0.05, 0.1) is 11.6 Å². The van der Waals surface area contributed by atoms with Crippen LogP contribution < -0.4 is 15.1 Å². The van der Waals surface area contributed by atoms with Crippen molar-refractivity contribution in [3.05, 3.63) is 53.5 Å². The highest BCUT2D eigenvalue weighted by Gasteiger charge is 2.36. The van der Waals surface area contributed by atoms with Crippen LogP contribution in [0.2, 0.25) is 0 Å². The zero-order valence-electron chi connectivity index (χ0n) is 17.9. The summed E-state index contributed by atoms with van der Waals surface area (Å²) in [4.78, 5) is 33.3. The second-order valence-electron chi connectivity index (χ2n) is 8.50. The van der Waals surface area contributed by atoms with E-state index in [-0.39, 0.29) is 30.5 Å². The molecule has 0 radical (unpaired) electrons. The molecule has 7 heteroatoms. The Morgan fingerprint density at radius 2 is 1.94 bits per heavy atom. The van der Waals surface area contributed by atoms with E-state index in [2.05, 4.69) is 15.2 Å². The first-order valence-corrected chi connectivity index (χ1v) is 11.1. The first-order valence-electron chi connectivity index (χ1n) is 11.1. The van der Waals surface area contributed by atoms with Crippen molar-refractivity contribution in [1.29, 1.82) is 0 Å². The Labute approximate surface area is 182 Å². The molecule has 2 saturated heterocycles. The number of benzene rings is 1. The molecule has 1 atom stereocenters. The van der Waals surface area contributed by atoms with Gasteiger partial charge >= 0.3 is 0 Å². The summed E-state index contributed by atoms with van der Waals surface area (Å²) in [6.45, 7) is 4.40. The zero-order chi connectivity index (χ0) is 21.8. The van der Waals surface area contributed by atoms with Crippen molar-refractivity contribution < 1.29 is 14.0 Å². The molecule has 1 aromatic heterocycles. The number of carbonyl (C=O) groups excluding carboxylic acids is 2. The Morgan fingerprint density at radius 3 is 2.68 bits per heavy atom. The number of amides is 2. The van der Waals surface area contributed by atoms with E-state index in [4.69, 9.17) is 0 Å². The van der Waals surface area contributed by atoms with E-state index in [1.54, 1.807) is 25.3 Å². The summed E-state index contributed by atoms with van der Waals surface area (Å²) in [6.07, 6.45) is 6.75. The molecular formula is C24H29FN4O2. The van der Waals surface area contributed by atoms with E-state index in [1.165, 1.54) is 36.6 Å². The van der Waals surface area contributed by atoms with Gasteiger partial charge in [-0.15, -0.1) is 0 Å². The van der Waals surface area contributed by atoms with Gasteiger partial charge in [-0.2, -0.15) is 0 Å². The van der Waals surface area contributed by atoms with Crippen molar-refractivity contribution in [2.45, 2.75) is 45.6 Å². The van der Waals surface area contributed by atoms with E-state index in [0.717, 1.165) is 30.0 Å². The molecule has 2 aromatic rings. The average Bonchev–Trinajstić information content (AvgIpc) is 2.97. The Bertz CT molecular complexity index is 956. The molecule has 1 aromatic carbocycles. The van der Waals surface area contributed by atoms with E-state index in [9.17, 15) is 14.0 Å². The highest BCUT2D eigenvalue weighted by molar-refractivity contribution is 6.00. The fourth-order valence-electron chi connectivity index (χ4n) is 4.32. The summed E-state index contributed by atoms with van der Waals surface area (Å²) >= 11 is 0. The van der Waals surface area contributed by atoms with Crippen molar-refractivity contribution in [2.24, 2.45) is 5.92 Å². The van der Waals surface area contributed by atoms with E-state index in [1.807, 2.05) is 12.1 Å². The van der Waals surface area contributed by atoms with Crippen LogP contribution in [0.4, 0.5) is 15.9 Å². The minimum Gasteiger partial charge on any atom is -0.357 e. The number of pyridine rings is 1. The number of rotatable bonds is 5. The predicted molar refractivity (Wildman–Crippen MR) is 118 cm³/mol.